The normalized spacial score (nSPS) is 15.1. The fourth-order valence-corrected chi connectivity index (χ4v) is 1.37. The minimum absolute atomic E-state index is 0.212. The average Bonchev–Trinajstić information content (AvgIpc) is 2.70. The van der Waals surface area contributed by atoms with Crippen LogP contribution in [0.4, 0.5) is 0 Å². The molecule has 1 aromatic heterocycles. The van der Waals surface area contributed by atoms with Crippen LogP contribution in [0.1, 0.15) is 25.2 Å². The Kier molecular flexibility index (Phi) is 5.39. The molecule has 0 aliphatic carbocycles. The van der Waals surface area contributed by atoms with Crippen LogP contribution in [0.2, 0.25) is 0 Å². The number of rotatable bonds is 7. The first-order chi connectivity index (χ1) is 7.24. The Balaban J connectivity index is 2.15. The van der Waals surface area contributed by atoms with Crippen LogP contribution in [-0.2, 0) is 0 Å². The number of nitrogens with one attached hydrogen (secondary N) is 1. The predicted molar refractivity (Wildman–Crippen MR) is 57.4 cm³/mol. The van der Waals surface area contributed by atoms with Crippen molar-refractivity contribution in [2.24, 2.45) is 5.92 Å². The Morgan fingerprint density at radius 1 is 1.47 bits per heavy atom. The Bertz CT molecular complexity index is 248. The molecule has 0 fully saturated rings. The summed E-state index contributed by atoms with van der Waals surface area (Å²) in [6.07, 6.45) is 1.73. The van der Waals surface area contributed by atoms with Gasteiger partial charge in [-0.3, -0.25) is 0 Å². The second kappa shape index (κ2) is 6.61. The van der Waals surface area contributed by atoms with E-state index in [0.29, 0.717) is 18.2 Å². The van der Waals surface area contributed by atoms with E-state index in [1.807, 2.05) is 0 Å². The molecule has 86 valence electrons. The molecular weight excluding hydrogens is 194 g/mol. The molecule has 1 aromatic rings. The van der Waals surface area contributed by atoms with E-state index in [1.54, 1.807) is 18.4 Å². The van der Waals surface area contributed by atoms with Gasteiger partial charge in [0.15, 0.2) is 0 Å². The maximum atomic E-state index is 9.65. The molecule has 0 radical (unpaired) electrons. The number of hydrogen-bond donors (Lipinski definition) is 3. The van der Waals surface area contributed by atoms with E-state index in [4.69, 9.17) is 9.52 Å². The highest BCUT2D eigenvalue weighted by atomic mass is 16.4. The van der Waals surface area contributed by atoms with Crippen molar-refractivity contribution >= 4 is 0 Å². The standard InChI is InChI=1S/C11H19NO3/c1-9(4-5-13)7-12-8-10(14)11-3-2-6-15-11/h2-3,6,9-10,12-14H,4-5,7-8H2,1H3. The first-order valence-electron chi connectivity index (χ1n) is 5.27. The van der Waals surface area contributed by atoms with Crippen molar-refractivity contribution in [3.8, 4) is 0 Å². The van der Waals surface area contributed by atoms with Crippen molar-refractivity contribution in [1.29, 1.82) is 0 Å². The van der Waals surface area contributed by atoms with Gasteiger partial charge in [-0.05, 0) is 31.0 Å². The summed E-state index contributed by atoms with van der Waals surface area (Å²) in [6, 6.07) is 3.51. The summed E-state index contributed by atoms with van der Waals surface area (Å²) in [5.74, 6) is 0.996. The van der Waals surface area contributed by atoms with E-state index in [0.717, 1.165) is 13.0 Å². The van der Waals surface area contributed by atoms with Crippen molar-refractivity contribution in [2.45, 2.75) is 19.4 Å². The predicted octanol–water partition coefficient (Wildman–Crippen LogP) is 0.921. The van der Waals surface area contributed by atoms with Crippen molar-refractivity contribution in [1.82, 2.24) is 5.32 Å². The number of aliphatic hydroxyl groups is 2. The third-order valence-corrected chi connectivity index (χ3v) is 2.32. The lowest BCUT2D eigenvalue weighted by Crippen LogP contribution is -2.26. The van der Waals surface area contributed by atoms with E-state index >= 15 is 0 Å². The second-order valence-electron chi connectivity index (χ2n) is 3.81. The third kappa shape index (κ3) is 4.46. The lowest BCUT2D eigenvalue weighted by Gasteiger charge is -2.13. The van der Waals surface area contributed by atoms with Crippen LogP contribution in [0.25, 0.3) is 0 Å². The van der Waals surface area contributed by atoms with Gasteiger partial charge in [0.2, 0.25) is 0 Å². The lowest BCUT2D eigenvalue weighted by atomic mass is 10.1. The zero-order valence-corrected chi connectivity index (χ0v) is 9.02. The van der Waals surface area contributed by atoms with Crippen LogP contribution < -0.4 is 5.32 Å². The fraction of sp³-hybridized carbons (Fsp3) is 0.636. The average molecular weight is 213 g/mol. The smallest absolute Gasteiger partial charge is 0.133 e. The quantitative estimate of drug-likeness (QED) is 0.630. The molecule has 4 nitrogen and oxygen atoms in total. The van der Waals surface area contributed by atoms with Gasteiger partial charge < -0.3 is 19.9 Å². The number of aliphatic hydroxyl groups excluding tert-OH is 2. The third-order valence-electron chi connectivity index (χ3n) is 2.32. The molecule has 0 saturated carbocycles. The molecule has 2 atom stereocenters. The van der Waals surface area contributed by atoms with Gasteiger partial charge in [0.05, 0.1) is 6.26 Å². The molecule has 0 aliphatic heterocycles. The molecule has 3 N–H and O–H groups in total. The Morgan fingerprint density at radius 3 is 2.87 bits per heavy atom. The van der Waals surface area contributed by atoms with Crippen molar-refractivity contribution in [3.05, 3.63) is 24.2 Å². The van der Waals surface area contributed by atoms with E-state index in [1.165, 1.54) is 0 Å². The Labute approximate surface area is 89.9 Å². The SMILES string of the molecule is CC(CCO)CNCC(O)c1ccco1. The number of hydrogen-bond acceptors (Lipinski definition) is 4. The highest BCUT2D eigenvalue weighted by molar-refractivity contribution is 5.02. The molecular formula is C11H19NO3. The molecule has 1 heterocycles. The van der Waals surface area contributed by atoms with Gasteiger partial charge >= 0.3 is 0 Å². The second-order valence-corrected chi connectivity index (χ2v) is 3.81. The van der Waals surface area contributed by atoms with E-state index in [2.05, 4.69) is 12.2 Å². The minimum atomic E-state index is -0.596. The van der Waals surface area contributed by atoms with Gasteiger partial charge in [0.1, 0.15) is 11.9 Å². The molecule has 15 heavy (non-hydrogen) atoms. The van der Waals surface area contributed by atoms with Crippen molar-refractivity contribution in [3.63, 3.8) is 0 Å². The molecule has 0 aromatic carbocycles. The van der Waals surface area contributed by atoms with Crippen molar-refractivity contribution in [2.75, 3.05) is 19.7 Å². The zero-order chi connectivity index (χ0) is 11.1. The molecule has 0 aliphatic rings. The van der Waals surface area contributed by atoms with Gasteiger partial charge in [-0.2, -0.15) is 0 Å². The molecule has 1 rings (SSSR count). The van der Waals surface area contributed by atoms with Crippen LogP contribution >= 0.6 is 0 Å². The summed E-state index contributed by atoms with van der Waals surface area (Å²) < 4.78 is 5.07. The monoisotopic (exact) mass is 213 g/mol. The topological polar surface area (TPSA) is 65.6 Å². The maximum absolute atomic E-state index is 9.65. The zero-order valence-electron chi connectivity index (χ0n) is 9.02. The van der Waals surface area contributed by atoms with E-state index in [9.17, 15) is 5.11 Å². The van der Waals surface area contributed by atoms with E-state index < -0.39 is 6.10 Å². The highest BCUT2D eigenvalue weighted by Crippen LogP contribution is 2.11. The molecule has 0 bridgehead atoms. The van der Waals surface area contributed by atoms with Crippen LogP contribution in [0.3, 0.4) is 0 Å². The van der Waals surface area contributed by atoms with Gasteiger partial charge in [-0.15, -0.1) is 0 Å². The summed E-state index contributed by atoms with van der Waals surface area (Å²) in [5.41, 5.74) is 0. The lowest BCUT2D eigenvalue weighted by molar-refractivity contribution is 0.145. The molecule has 0 amide bonds. The fourth-order valence-electron chi connectivity index (χ4n) is 1.37. The summed E-state index contributed by atoms with van der Waals surface area (Å²) >= 11 is 0. The van der Waals surface area contributed by atoms with Gasteiger partial charge in [-0.1, -0.05) is 6.92 Å². The first-order valence-corrected chi connectivity index (χ1v) is 5.27. The van der Waals surface area contributed by atoms with E-state index in [-0.39, 0.29) is 6.61 Å². The van der Waals surface area contributed by atoms with Gasteiger partial charge in [0.25, 0.3) is 0 Å². The first kappa shape index (κ1) is 12.2. The summed E-state index contributed by atoms with van der Waals surface area (Å²) in [6.45, 7) is 3.54. The van der Waals surface area contributed by atoms with Crippen LogP contribution in [0, 0.1) is 5.92 Å². The van der Waals surface area contributed by atoms with Crippen LogP contribution in [0.5, 0.6) is 0 Å². The van der Waals surface area contributed by atoms with Crippen LogP contribution in [-0.4, -0.2) is 29.9 Å². The summed E-state index contributed by atoms with van der Waals surface area (Å²) in [5, 5.41) is 21.5. The number of furan rings is 1. The molecule has 2 unspecified atom stereocenters. The summed E-state index contributed by atoms with van der Waals surface area (Å²) in [4.78, 5) is 0. The van der Waals surface area contributed by atoms with Gasteiger partial charge in [0, 0.05) is 13.2 Å². The highest BCUT2D eigenvalue weighted by Gasteiger charge is 2.10. The summed E-state index contributed by atoms with van der Waals surface area (Å²) in [7, 11) is 0. The molecule has 0 saturated heterocycles. The Morgan fingerprint density at radius 2 is 2.27 bits per heavy atom. The maximum Gasteiger partial charge on any atom is 0.133 e. The van der Waals surface area contributed by atoms with Gasteiger partial charge in [-0.25, -0.2) is 0 Å². The van der Waals surface area contributed by atoms with Crippen molar-refractivity contribution < 1.29 is 14.6 Å². The molecule has 0 spiro atoms. The molecule has 4 heteroatoms. The Hall–Kier alpha value is -0.840. The minimum Gasteiger partial charge on any atom is -0.467 e. The largest absolute Gasteiger partial charge is 0.467 e. The van der Waals surface area contributed by atoms with Crippen LogP contribution in [0.15, 0.2) is 22.8 Å².